The first-order valence-corrected chi connectivity index (χ1v) is 2.73. The van der Waals surface area contributed by atoms with Crippen LogP contribution in [0.25, 0.3) is 0 Å². The van der Waals surface area contributed by atoms with Crippen LogP contribution >= 0.6 is 0 Å². The highest BCUT2D eigenvalue weighted by Gasteiger charge is 2.17. The second kappa shape index (κ2) is 3.35. The summed E-state index contributed by atoms with van der Waals surface area (Å²) in [6.45, 7) is 0.324. The Labute approximate surface area is 56.5 Å². The first-order chi connectivity index (χ1) is 4.79. The summed E-state index contributed by atoms with van der Waals surface area (Å²) in [5.41, 5.74) is 0. The number of amides is 1. The highest BCUT2D eigenvalue weighted by atomic mass is 17.5. The summed E-state index contributed by atoms with van der Waals surface area (Å²) in [6, 6.07) is 0. The van der Waals surface area contributed by atoms with Gasteiger partial charge in [-0.15, -0.1) is 0 Å². The Bertz CT molecular complexity index is 121. The third-order valence-corrected chi connectivity index (χ3v) is 0.951. The molecule has 6 nitrogen and oxygen atoms in total. The minimum atomic E-state index is -1.14. The molecule has 1 saturated heterocycles. The zero-order valence-corrected chi connectivity index (χ0v) is 5.07. The lowest BCUT2D eigenvalue weighted by Gasteiger charge is -2.18. The molecule has 0 bridgehead atoms. The van der Waals surface area contributed by atoms with Crippen LogP contribution in [0.15, 0.2) is 0 Å². The maximum absolute atomic E-state index is 9.98. The third kappa shape index (κ3) is 2.18. The smallest absolute Gasteiger partial charge is 0.406 e. The summed E-state index contributed by atoms with van der Waals surface area (Å²) >= 11 is 0. The van der Waals surface area contributed by atoms with E-state index in [9.17, 15) is 4.79 Å². The normalized spacial score (nSPS) is 25.8. The summed E-state index contributed by atoms with van der Waals surface area (Å²) in [5, 5.41) is 14.3. The van der Waals surface area contributed by atoms with Gasteiger partial charge in [-0.2, -0.15) is 4.89 Å². The van der Waals surface area contributed by atoms with Gasteiger partial charge in [-0.25, -0.2) is 9.68 Å². The average molecular weight is 149 g/mol. The van der Waals surface area contributed by atoms with Gasteiger partial charge in [0.2, 0.25) is 0 Å². The lowest BCUT2D eigenvalue weighted by Crippen LogP contribution is -2.39. The van der Waals surface area contributed by atoms with Gasteiger partial charge in [-0.3, -0.25) is 5.32 Å². The Morgan fingerprint density at radius 2 is 2.50 bits per heavy atom. The summed E-state index contributed by atoms with van der Waals surface area (Å²) in [7, 11) is 0. The van der Waals surface area contributed by atoms with Crippen LogP contribution < -0.4 is 5.32 Å². The predicted octanol–water partition coefficient (Wildman–Crippen LogP) is -0.136. The fourth-order valence-electron chi connectivity index (χ4n) is 0.546. The number of hydrogen-bond donors (Lipinski definition) is 2. The molecule has 1 aliphatic rings. The zero-order valence-electron chi connectivity index (χ0n) is 5.07. The van der Waals surface area contributed by atoms with E-state index in [2.05, 4.69) is 20.1 Å². The van der Waals surface area contributed by atoms with Crippen molar-refractivity contribution < 1.29 is 24.7 Å². The summed E-state index contributed by atoms with van der Waals surface area (Å²) in [6.07, 6.45) is -1.31. The van der Waals surface area contributed by atoms with Crippen LogP contribution in [0.5, 0.6) is 0 Å². The average Bonchev–Trinajstić information content (AvgIpc) is 1.88. The van der Waals surface area contributed by atoms with Crippen molar-refractivity contribution >= 4 is 6.09 Å². The number of carboxylic acid groups (broad SMARTS) is 1. The number of hydrogen-bond acceptors (Lipinski definition) is 4. The highest BCUT2D eigenvalue weighted by molar-refractivity contribution is 5.64. The van der Waals surface area contributed by atoms with E-state index in [4.69, 9.17) is 5.11 Å². The molecule has 58 valence electrons. The standard InChI is InChI=1S/C4H7NO5/c6-4(7)5-3-1-2-8-10-9-3/h3,5H,1-2H2,(H,6,7)/t3-/m1/s1. The van der Waals surface area contributed by atoms with E-state index >= 15 is 0 Å². The van der Waals surface area contributed by atoms with Crippen LogP contribution in [0.1, 0.15) is 6.42 Å². The second-order valence-electron chi connectivity index (χ2n) is 1.71. The van der Waals surface area contributed by atoms with E-state index in [0.29, 0.717) is 13.0 Å². The van der Waals surface area contributed by atoms with Gasteiger partial charge < -0.3 is 5.11 Å². The lowest BCUT2D eigenvalue weighted by atomic mass is 10.4. The van der Waals surface area contributed by atoms with Crippen LogP contribution in [0.3, 0.4) is 0 Å². The number of nitrogens with one attached hydrogen (secondary N) is 1. The molecule has 0 aliphatic carbocycles. The van der Waals surface area contributed by atoms with Crippen LogP contribution in [-0.2, 0) is 14.8 Å². The molecule has 0 saturated carbocycles. The van der Waals surface area contributed by atoms with Gasteiger partial charge in [0.05, 0.1) is 6.61 Å². The van der Waals surface area contributed by atoms with Gasteiger partial charge in [-0.1, -0.05) is 5.04 Å². The van der Waals surface area contributed by atoms with Crippen LogP contribution in [0.4, 0.5) is 4.79 Å². The molecule has 1 heterocycles. The van der Waals surface area contributed by atoms with Crippen LogP contribution in [0.2, 0.25) is 0 Å². The Morgan fingerprint density at radius 1 is 1.70 bits per heavy atom. The minimum Gasteiger partial charge on any atom is -0.465 e. The molecule has 0 aromatic heterocycles. The molecular formula is C4H7NO5. The van der Waals surface area contributed by atoms with Crippen molar-refractivity contribution in [3.63, 3.8) is 0 Å². The topological polar surface area (TPSA) is 77.0 Å². The lowest BCUT2D eigenvalue weighted by molar-refractivity contribution is -0.550. The fraction of sp³-hybridized carbons (Fsp3) is 0.750. The SMILES string of the molecule is O=C(O)N[C@H]1CCOOO1. The quantitative estimate of drug-likeness (QED) is 0.507. The van der Waals surface area contributed by atoms with E-state index in [1.54, 1.807) is 0 Å². The molecule has 0 radical (unpaired) electrons. The van der Waals surface area contributed by atoms with Crippen LogP contribution in [-0.4, -0.2) is 24.0 Å². The molecule has 0 aromatic rings. The Balaban J connectivity index is 2.19. The molecule has 1 amide bonds. The maximum Gasteiger partial charge on any atom is 0.406 e. The molecule has 2 N–H and O–H groups in total. The molecule has 1 rings (SSSR count). The molecule has 1 fully saturated rings. The van der Waals surface area contributed by atoms with Gasteiger partial charge in [0.15, 0.2) is 6.23 Å². The van der Waals surface area contributed by atoms with Crippen molar-refractivity contribution in [3.05, 3.63) is 0 Å². The van der Waals surface area contributed by atoms with Crippen LogP contribution in [0, 0.1) is 0 Å². The van der Waals surface area contributed by atoms with Gasteiger partial charge >= 0.3 is 6.09 Å². The van der Waals surface area contributed by atoms with Crippen molar-refractivity contribution in [1.82, 2.24) is 5.32 Å². The Kier molecular flexibility index (Phi) is 2.43. The molecule has 0 aromatic carbocycles. The second-order valence-corrected chi connectivity index (χ2v) is 1.71. The first-order valence-electron chi connectivity index (χ1n) is 2.73. The minimum absolute atomic E-state index is 0.324. The highest BCUT2D eigenvalue weighted by Crippen LogP contribution is 2.03. The summed E-state index contributed by atoms with van der Waals surface area (Å²) in [5.74, 6) is 0. The van der Waals surface area contributed by atoms with E-state index < -0.39 is 12.3 Å². The number of carbonyl (C=O) groups is 1. The largest absolute Gasteiger partial charge is 0.465 e. The monoisotopic (exact) mass is 149 g/mol. The van der Waals surface area contributed by atoms with Gasteiger partial charge in [0.25, 0.3) is 0 Å². The van der Waals surface area contributed by atoms with Gasteiger partial charge in [-0.05, 0) is 0 Å². The van der Waals surface area contributed by atoms with E-state index in [1.807, 2.05) is 0 Å². The van der Waals surface area contributed by atoms with E-state index in [1.165, 1.54) is 0 Å². The number of rotatable bonds is 1. The molecular weight excluding hydrogens is 142 g/mol. The molecule has 0 unspecified atom stereocenters. The van der Waals surface area contributed by atoms with E-state index in [0.717, 1.165) is 0 Å². The van der Waals surface area contributed by atoms with Crippen molar-refractivity contribution in [2.75, 3.05) is 6.61 Å². The van der Waals surface area contributed by atoms with Gasteiger partial charge in [0, 0.05) is 6.42 Å². The Hall–Kier alpha value is -0.850. The van der Waals surface area contributed by atoms with Crippen molar-refractivity contribution in [2.24, 2.45) is 0 Å². The molecule has 1 atom stereocenters. The Morgan fingerprint density at radius 3 is 3.00 bits per heavy atom. The first kappa shape index (κ1) is 7.26. The third-order valence-electron chi connectivity index (χ3n) is 0.951. The van der Waals surface area contributed by atoms with Crippen molar-refractivity contribution in [1.29, 1.82) is 0 Å². The molecule has 10 heavy (non-hydrogen) atoms. The van der Waals surface area contributed by atoms with Crippen molar-refractivity contribution in [2.45, 2.75) is 12.6 Å². The maximum atomic E-state index is 9.98. The predicted molar refractivity (Wildman–Crippen MR) is 27.7 cm³/mol. The van der Waals surface area contributed by atoms with Gasteiger partial charge in [0.1, 0.15) is 0 Å². The molecule has 1 aliphatic heterocycles. The zero-order chi connectivity index (χ0) is 7.40. The molecule has 0 spiro atoms. The van der Waals surface area contributed by atoms with E-state index in [-0.39, 0.29) is 0 Å². The summed E-state index contributed by atoms with van der Waals surface area (Å²) < 4.78 is 0. The molecule has 6 heteroatoms. The fourth-order valence-corrected chi connectivity index (χ4v) is 0.546. The summed E-state index contributed by atoms with van der Waals surface area (Å²) in [4.78, 5) is 18.7. The van der Waals surface area contributed by atoms with Crippen molar-refractivity contribution in [3.8, 4) is 0 Å².